The molecule has 0 aromatic rings. The van der Waals surface area contributed by atoms with Crippen LogP contribution in [0.2, 0.25) is 0 Å². The Morgan fingerprint density at radius 1 is 1.80 bits per heavy atom. The maximum atomic E-state index is 3.49. The molecule has 1 radical (unpaired) electrons. The summed E-state index contributed by atoms with van der Waals surface area (Å²) in [4.78, 5) is 0. The van der Waals surface area contributed by atoms with E-state index >= 15 is 0 Å². The molecule has 0 saturated carbocycles. The van der Waals surface area contributed by atoms with Crippen LogP contribution in [0, 0.1) is 6.92 Å². The van der Waals surface area contributed by atoms with Gasteiger partial charge in [-0.15, -0.1) is 0 Å². The largest absolute Gasteiger partial charge is 0.0875 e. The molecule has 0 aliphatic carbocycles. The Balaban J connectivity index is 2.62. The van der Waals surface area contributed by atoms with Crippen molar-refractivity contribution in [2.24, 2.45) is 0 Å². The van der Waals surface area contributed by atoms with Crippen LogP contribution in [0.4, 0.5) is 0 Å². The van der Waals surface area contributed by atoms with Crippen molar-refractivity contribution in [1.29, 1.82) is 0 Å². The highest BCUT2D eigenvalue weighted by molar-refractivity contribution is 14.1. The van der Waals surface area contributed by atoms with Crippen LogP contribution in [-0.2, 0) is 0 Å². The third kappa shape index (κ3) is 4.47. The van der Waals surface area contributed by atoms with E-state index in [1.165, 1.54) is 0 Å². The lowest BCUT2D eigenvalue weighted by Crippen LogP contribution is -1.49. The Bertz CT molecular complexity index is 30.6. The van der Waals surface area contributed by atoms with E-state index in [1.54, 1.807) is 6.08 Å². The molecule has 0 aromatic carbocycles. The van der Waals surface area contributed by atoms with Gasteiger partial charge in [-0.2, -0.15) is 0 Å². The molecular formula is C4H6I. The summed E-state index contributed by atoms with van der Waals surface area (Å²) in [5, 5.41) is 0. The second-order valence-corrected chi connectivity index (χ2v) is 1.51. The van der Waals surface area contributed by atoms with E-state index in [0.29, 0.717) is 0 Å². The molecular weight excluding hydrogens is 175 g/mol. The van der Waals surface area contributed by atoms with Crippen molar-refractivity contribution in [1.82, 2.24) is 0 Å². The summed E-state index contributed by atoms with van der Waals surface area (Å²) >= 11 is 2.26. The summed E-state index contributed by atoms with van der Waals surface area (Å²) in [5.74, 6) is 0. The van der Waals surface area contributed by atoms with Crippen LogP contribution in [0.5, 0.6) is 0 Å². The first-order chi connectivity index (χ1) is 2.41. The molecule has 0 aliphatic heterocycles. The maximum absolute atomic E-state index is 3.49. The molecule has 0 aliphatic rings. The minimum absolute atomic E-state index is 1.07. The van der Waals surface area contributed by atoms with Gasteiger partial charge in [0.25, 0.3) is 0 Å². The molecule has 0 fully saturated rings. The van der Waals surface area contributed by atoms with Gasteiger partial charge >= 0.3 is 0 Å². The molecule has 0 rings (SSSR count). The predicted octanol–water partition coefficient (Wildman–Crippen LogP) is 1.81. The number of hydrogen-bond donors (Lipinski definition) is 0. The lowest BCUT2D eigenvalue weighted by Gasteiger charge is -1.63. The van der Waals surface area contributed by atoms with Gasteiger partial charge in [0.05, 0.1) is 0 Å². The summed E-state index contributed by atoms with van der Waals surface area (Å²) < 4.78 is 1.07. The zero-order valence-corrected chi connectivity index (χ0v) is 5.10. The third-order valence-electron chi connectivity index (χ3n) is 0.256. The van der Waals surface area contributed by atoms with Gasteiger partial charge in [0, 0.05) is 4.43 Å². The number of rotatable bonds is 1. The predicted molar refractivity (Wildman–Crippen MR) is 33.4 cm³/mol. The van der Waals surface area contributed by atoms with E-state index in [0.717, 1.165) is 4.43 Å². The number of halogens is 1. The third-order valence-corrected chi connectivity index (χ3v) is 0.764. The molecule has 0 nitrogen and oxygen atoms in total. The van der Waals surface area contributed by atoms with Crippen LogP contribution in [0.1, 0.15) is 0 Å². The van der Waals surface area contributed by atoms with E-state index in [9.17, 15) is 0 Å². The summed E-state index contributed by atoms with van der Waals surface area (Å²) in [7, 11) is 0. The monoisotopic (exact) mass is 181 g/mol. The van der Waals surface area contributed by atoms with Gasteiger partial charge in [-0.05, 0) is 6.92 Å². The fourth-order valence-electron chi connectivity index (χ4n) is 0.0630. The zero-order valence-electron chi connectivity index (χ0n) is 2.95. The SMILES string of the molecule is [CH2]C=CCI. The summed E-state index contributed by atoms with van der Waals surface area (Å²) in [6, 6.07) is 0. The molecule has 1 heteroatoms. The van der Waals surface area contributed by atoms with Gasteiger partial charge in [-0.1, -0.05) is 34.7 Å². The summed E-state index contributed by atoms with van der Waals surface area (Å²) in [6.07, 6.45) is 3.80. The number of alkyl halides is 1. The molecule has 5 heavy (non-hydrogen) atoms. The Morgan fingerprint density at radius 2 is 2.40 bits per heavy atom. The van der Waals surface area contributed by atoms with Crippen LogP contribution in [0.25, 0.3) is 0 Å². The van der Waals surface area contributed by atoms with Crippen molar-refractivity contribution in [2.75, 3.05) is 4.43 Å². The van der Waals surface area contributed by atoms with Crippen molar-refractivity contribution in [2.45, 2.75) is 0 Å². The van der Waals surface area contributed by atoms with Crippen molar-refractivity contribution < 1.29 is 0 Å². The molecule has 0 amide bonds. The van der Waals surface area contributed by atoms with E-state index in [-0.39, 0.29) is 0 Å². The molecule has 0 unspecified atom stereocenters. The highest BCUT2D eigenvalue weighted by Crippen LogP contribution is 1.78. The Labute approximate surface area is 46.4 Å². The van der Waals surface area contributed by atoms with Crippen molar-refractivity contribution in [3.05, 3.63) is 19.1 Å². The fourth-order valence-corrected chi connectivity index (χ4v) is 0.423. The van der Waals surface area contributed by atoms with E-state index in [1.807, 2.05) is 6.08 Å². The second-order valence-electron chi connectivity index (χ2n) is 0.626. The first-order valence-electron chi connectivity index (χ1n) is 1.42. The lowest BCUT2D eigenvalue weighted by atomic mass is 10.6. The Kier molecular flexibility index (Phi) is 4.89. The number of hydrogen-bond acceptors (Lipinski definition) is 0. The highest BCUT2D eigenvalue weighted by atomic mass is 127. The van der Waals surface area contributed by atoms with Crippen molar-refractivity contribution in [3.8, 4) is 0 Å². The average Bonchev–Trinajstić information content (AvgIpc) is 1.41. The molecule has 0 aromatic heterocycles. The van der Waals surface area contributed by atoms with E-state index in [4.69, 9.17) is 0 Å². The van der Waals surface area contributed by atoms with Crippen molar-refractivity contribution >= 4 is 22.6 Å². The van der Waals surface area contributed by atoms with Gasteiger partial charge in [-0.3, -0.25) is 0 Å². The van der Waals surface area contributed by atoms with Crippen LogP contribution in [-0.4, -0.2) is 4.43 Å². The van der Waals surface area contributed by atoms with Gasteiger partial charge in [-0.25, -0.2) is 0 Å². The standard InChI is InChI=1S/C4H6I/c1-2-3-4-5/h2-3H,1,4H2. The molecule has 29 valence electrons. The lowest BCUT2D eigenvalue weighted by molar-refractivity contribution is 1.82. The molecule has 0 heterocycles. The highest BCUT2D eigenvalue weighted by Gasteiger charge is 1.54. The van der Waals surface area contributed by atoms with Gasteiger partial charge in [0.2, 0.25) is 0 Å². The topological polar surface area (TPSA) is 0 Å². The average molecular weight is 181 g/mol. The Hall–Kier alpha value is 0.470. The Morgan fingerprint density at radius 3 is 2.40 bits per heavy atom. The minimum Gasteiger partial charge on any atom is -0.0875 e. The normalized spacial score (nSPS) is 10.0. The quantitative estimate of drug-likeness (QED) is 0.427. The number of allylic oxidation sites excluding steroid dienone is 2. The maximum Gasteiger partial charge on any atom is 0.0175 e. The molecule has 0 atom stereocenters. The van der Waals surface area contributed by atoms with Crippen LogP contribution < -0.4 is 0 Å². The van der Waals surface area contributed by atoms with Crippen molar-refractivity contribution in [3.63, 3.8) is 0 Å². The molecule has 0 N–H and O–H groups in total. The molecule has 0 bridgehead atoms. The molecule has 0 saturated heterocycles. The smallest absolute Gasteiger partial charge is 0.0175 e. The van der Waals surface area contributed by atoms with Crippen LogP contribution in [0.15, 0.2) is 12.2 Å². The minimum atomic E-state index is 1.07. The van der Waals surface area contributed by atoms with Gasteiger partial charge < -0.3 is 0 Å². The van der Waals surface area contributed by atoms with E-state index in [2.05, 4.69) is 29.5 Å². The van der Waals surface area contributed by atoms with Gasteiger partial charge in [0.15, 0.2) is 0 Å². The van der Waals surface area contributed by atoms with Crippen LogP contribution >= 0.6 is 22.6 Å². The first-order valence-corrected chi connectivity index (χ1v) is 2.94. The first kappa shape index (κ1) is 5.47. The van der Waals surface area contributed by atoms with E-state index < -0.39 is 0 Å². The summed E-state index contributed by atoms with van der Waals surface area (Å²) in [5.41, 5.74) is 0. The summed E-state index contributed by atoms with van der Waals surface area (Å²) in [6.45, 7) is 3.49. The van der Waals surface area contributed by atoms with Gasteiger partial charge in [0.1, 0.15) is 0 Å². The van der Waals surface area contributed by atoms with Crippen LogP contribution in [0.3, 0.4) is 0 Å². The zero-order chi connectivity index (χ0) is 4.12. The fraction of sp³-hybridized carbons (Fsp3) is 0.250. The second kappa shape index (κ2) is 4.47. The molecule has 0 spiro atoms.